The van der Waals surface area contributed by atoms with E-state index in [1.807, 2.05) is 6.07 Å². The molecule has 0 spiro atoms. The molecular weight excluding hydrogens is 315 g/mol. The minimum atomic E-state index is -0.592. The van der Waals surface area contributed by atoms with Crippen LogP contribution in [0.3, 0.4) is 0 Å². The van der Waals surface area contributed by atoms with Gasteiger partial charge >= 0.3 is 5.69 Å². The first-order valence-electron chi connectivity index (χ1n) is 7.25. The maximum Gasteiger partial charge on any atom is 0.329 e. The summed E-state index contributed by atoms with van der Waals surface area (Å²) in [5, 5.41) is 20.3. The number of nitriles is 1. The van der Waals surface area contributed by atoms with Crippen LogP contribution in [0.25, 0.3) is 0 Å². The van der Waals surface area contributed by atoms with Crippen LogP contribution in [0, 0.1) is 27.3 Å². The van der Waals surface area contributed by atoms with Crippen LogP contribution < -0.4 is 9.80 Å². The number of rotatable bonds is 3. The largest absolute Gasteiger partial charge is 0.351 e. The Bertz CT molecular complexity index is 814. The van der Waals surface area contributed by atoms with Crippen molar-refractivity contribution in [1.29, 1.82) is 5.26 Å². The molecule has 0 aliphatic carbocycles. The van der Waals surface area contributed by atoms with Crippen molar-refractivity contribution in [3.63, 3.8) is 0 Å². The van der Waals surface area contributed by atoms with Crippen LogP contribution in [-0.2, 0) is 0 Å². The molecule has 0 aromatic carbocycles. The standard InChI is InChI=1S/C15H13FN6O2/c16-12-2-1-4-18-14(12)20-6-8-21(9-7-20)15-13(22(23)24)11(10-17)3-5-19-15/h1-5H,6-9H2. The minimum Gasteiger partial charge on any atom is -0.351 e. The van der Waals surface area contributed by atoms with Crippen LogP contribution in [-0.4, -0.2) is 41.1 Å². The highest BCUT2D eigenvalue weighted by Gasteiger charge is 2.28. The Labute approximate surface area is 136 Å². The fraction of sp³-hybridized carbons (Fsp3) is 0.267. The summed E-state index contributed by atoms with van der Waals surface area (Å²) in [5.41, 5.74) is -0.319. The van der Waals surface area contributed by atoms with Gasteiger partial charge in [-0.3, -0.25) is 10.1 Å². The molecule has 1 saturated heterocycles. The van der Waals surface area contributed by atoms with Gasteiger partial charge in [0, 0.05) is 38.6 Å². The monoisotopic (exact) mass is 328 g/mol. The van der Waals surface area contributed by atoms with Gasteiger partial charge in [-0.1, -0.05) is 0 Å². The number of anilines is 2. The molecule has 0 unspecified atom stereocenters. The Morgan fingerprint density at radius 1 is 1.12 bits per heavy atom. The van der Waals surface area contributed by atoms with E-state index in [9.17, 15) is 14.5 Å². The zero-order valence-corrected chi connectivity index (χ0v) is 12.6. The molecule has 8 nitrogen and oxygen atoms in total. The first-order chi connectivity index (χ1) is 11.6. The number of pyridine rings is 2. The quantitative estimate of drug-likeness (QED) is 0.625. The molecule has 2 aromatic rings. The molecular formula is C15H13FN6O2. The summed E-state index contributed by atoms with van der Waals surface area (Å²) in [6.45, 7) is 1.73. The lowest BCUT2D eigenvalue weighted by Crippen LogP contribution is -2.47. The molecule has 24 heavy (non-hydrogen) atoms. The van der Waals surface area contributed by atoms with Crippen LogP contribution in [0.2, 0.25) is 0 Å². The van der Waals surface area contributed by atoms with E-state index in [1.165, 1.54) is 30.6 Å². The molecule has 0 amide bonds. The number of hydrogen-bond donors (Lipinski definition) is 0. The van der Waals surface area contributed by atoms with Crippen molar-refractivity contribution in [3.8, 4) is 6.07 Å². The molecule has 3 heterocycles. The van der Waals surface area contributed by atoms with Crippen molar-refractivity contribution >= 4 is 17.3 Å². The van der Waals surface area contributed by atoms with Crippen LogP contribution in [0.1, 0.15) is 5.56 Å². The lowest BCUT2D eigenvalue weighted by molar-refractivity contribution is -0.384. The van der Waals surface area contributed by atoms with Crippen molar-refractivity contribution in [1.82, 2.24) is 9.97 Å². The van der Waals surface area contributed by atoms with E-state index in [0.29, 0.717) is 26.2 Å². The van der Waals surface area contributed by atoms with Gasteiger partial charge in [0.1, 0.15) is 11.6 Å². The van der Waals surface area contributed by atoms with E-state index in [4.69, 9.17) is 5.26 Å². The molecule has 1 fully saturated rings. The maximum atomic E-state index is 13.8. The molecule has 2 aromatic heterocycles. The number of piperazine rings is 1. The normalized spacial score (nSPS) is 14.3. The van der Waals surface area contributed by atoms with Crippen LogP contribution in [0.5, 0.6) is 0 Å². The summed E-state index contributed by atoms with van der Waals surface area (Å²) in [7, 11) is 0. The average molecular weight is 328 g/mol. The van der Waals surface area contributed by atoms with Gasteiger partial charge in [-0.05, 0) is 18.2 Å². The predicted octanol–water partition coefficient (Wildman–Crippen LogP) is 1.72. The number of nitrogens with zero attached hydrogens (tertiary/aromatic N) is 6. The van der Waals surface area contributed by atoms with E-state index in [0.717, 1.165) is 0 Å². The second-order valence-electron chi connectivity index (χ2n) is 5.18. The molecule has 9 heteroatoms. The maximum absolute atomic E-state index is 13.8. The van der Waals surface area contributed by atoms with Gasteiger partial charge in [0.15, 0.2) is 11.6 Å². The molecule has 1 aliphatic rings. The van der Waals surface area contributed by atoms with E-state index in [-0.39, 0.29) is 22.9 Å². The van der Waals surface area contributed by atoms with Gasteiger partial charge in [-0.25, -0.2) is 14.4 Å². The van der Waals surface area contributed by atoms with Crippen LogP contribution in [0.15, 0.2) is 30.6 Å². The van der Waals surface area contributed by atoms with Crippen LogP contribution in [0.4, 0.5) is 21.7 Å². The number of hydrogen-bond acceptors (Lipinski definition) is 7. The fourth-order valence-corrected chi connectivity index (χ4v) is 2.68. The lowest BCUT2D eigenvalue weighted by Gasteiger charge is -2.35. The topological polar surface area (TPSA) is 99.2 Å². The van der Waals surface area contributed by atoms with Gasteiger partial charge in [0.25, 0.3) is 0 Å². The number of aromatic nitrogens is 2. The summed E-state index contributed by atoms with van der Waals surface area (Å²) in [5.74, 6) is 0.0344. The van der Waals surface area contributed by atoms with Crippen molar-refractivity contribution in [2.75, 3.05) is 36.0 Å². The highest BCUT2D eigenvalue weighted by molar-refractivity contribution is 5.66. The third-order valence-corrected chi connectivity index (χ3v) is 3.83. The Kier molecular flexibility index (Phi) is 4.20. The van der Waals surface area contributed by atoms with E-state index in [2.05, 4.69) is 9.97 Å². The van der Waals surface area contributed by atoms with Crippen molar-refractivity contribution < 1.29 is 9.31 Å². The third kappa shape index (κ3) is 2.81. The van der Waals surface area contributed by atoms with Gasteiger partial charge in [0.2, 0.25) is 5.82 Å². The summed E-state index contributed by atoms with van der Waals surface area (Å²) in [6.07, 6.45) is 2.90. The van der Waals surface area contributed by atoms with Crippen molar-refractivity contribution in [3.05, 3.63) is 52.1 Å². The average Bonchev–Trinajstić information content (AvgIpc) is 2.61. The minimum absolute atomic E-state index is 0.0248. The number of nitro groups is 1. The Hall–Kier alpha value is -3.28. The van der Waals surface area contributed by atoms with E-state index >= 15 is 0 Å². The zero-order valence-electron chi connectivity index (χ0n) is 12.6. The summed E-state index contributed by atoms with van der Waals surface area (Å²) < 4.78 is 13.8. The molecule has 1 aliphatic heterocycles. The Balaban J connectivity index is 1.82. The SMILES string of the molecule is N#Cc1ccnc(N2CCN(c3ncccc3F)CC2)c1[N+](=O)[O-]. The highest BCUT2D eigenvalue weighted by atomic mass is 19.1. The second-order valence-corrected chi connectivity index (χ2v) is 5.18. The van der Waals surface area contributed by atoms with Crippen LogP contribution >= 0.6 is 0 Å². The first kappa shape index (κ1) is 15.6. The molecule has 0 radical (unpaired) electrons. The van der Waals surface area contributed by atoms with Crippen molar-refractivity contribution in [2.24, 2.45) is 0 Å². The summed E-state index contributed by atoms with van der Waals surface area (Å²) >= 11 is 0. The third-order valence-electron chi connectivity index (χ3n) is 3.83. The molecule has 122 valence electrons. The predicted molar refractivity (Wildman–Crippen MR) is 84.2 cm³/mol. The van der Waals surface area contributed by atoms with E-state index < -0.39 is 10.7 Å². The molecule has 0 saturated carbocycles. The Morgan fingerprint density at radius 3 is 2.33 bits per heavy atom. The van der Waals surface area contributed by atoms with Crippen molar-refractivity contribution in [2.45, 2.75) is 0 Å². The second kappa shape index (κ2) is 6.45. The highest BCUT2D eigenvalue weighted by Crippen LogP contribution is 2.30. The van der Waals surface area contributed by atoms with Gasteiger partial charge < -0.3 is 9.80 Å². The van der Waals surface area contributed by atoms with Gasteiger partial charge in [0.05, 0.1) is 4.92 Å². The summed E-state index contributed by atoms with van der Waals surface area (Å²) in [4.78, 5) is 22.3. The fourth-order valence-electron chi connectivity index (χ4n) is 2.68. The molecule has 3 rings (SSSR count). The van der Waals surface area contributed by atoms with Gasteiger partial charge in [-0.2, -0.15) is 5.26 Å². The molecule has 0 atom stereocenters. The lowest BCUT2D eigenvalue weighted by atomic mass is 10.2. The summed E-state index contributed by atoms with van der Waals surface area (Å²) in [6, 6.07) is 6.01. The number of halogens is 1. The molecule has 0 bridgehead atoms. The zero-order chi connectivity index (χ0) is 17.1. The van der Waals surface area contributed by atoms with E-state index in [1.54, 1.807) is 9.80 Å². The smallest absolute Gasteiger partial charge is 0.329 e. The first-order valence-corrected chi connectivity index (χ1v) is 7.25. The van der Waals surface area contributed by atoms with Gasteiger partial charge in [-0.15, -0.1) is 0 Å². The Morgan fingerprint density at radius 2 is 1.75 bits per heavy atom. The molecule has 0 N–H and O–H groups in total.